The Balaban J connectivity index is 1.82. The molecule has 0 radical (unpaired) electrons. The van der Waals surface area contributed by atoms with Crippen LogP contribution in [0.15, 0.2) is 48.7 Å². The number of aliphatic hydroxyl groups is 1. The molecule has 0 aliphatic carbocycles. The molecule has 1 aromatic heterocycles. The molecule has 0 aliphatic heterocycles. The predicted octanol–water partition coefficient (Wildman–Crippen LogP) is 1.92. The van der Waals surface area contributed by atoms with Crippen LogP contribution in [-0.4, -0.2) is 35.2 Å². The molecule has 0 aliphatic rings. The van der Waals surface area contributed by atoms with Crippen LogP contribution in [0.1, 0.15) is 21.5 Å². The largest absolute Gasteiger partial charge is 0.390 e. The highest BCUT2D eigenvalue weighted by atomic mass is 35.5. The number of carbonyl (C=O) groups is 1. The number of carbonyl (C=O) groups excluding carboxylic acids is 1. The van der Waals surface area contributed by atoms with Gasteiger partial charge in [0.2, 0.25) is 0 Å². The van der Waals surface area contributed by atoms with Gasteiger partial charge in [-0.3, -0.25) is 4.79 Å². The van der Waals surface area contributed by atoms with E-state index >= 15 is 0 Å². The molecule has 7 heteroatoms. The minimum atomic E-state index is -0.762. The van der Waals surface area contributed by atoms with Gasteiger partial charge in [0.15, 0.2) is 0 Å². The monoisotopic (exact) mass is 394 g/mol. The van der Waals surface area contributed by atoms with Crippen molar-refractivity contribution in [3.8, 4) is 11.8 Å². The van der Waals surface area contributed by atoms with Crippen LogP contribution >= 0.6 is 11.6 Å². The number of nitrogen functional groups attached to an aromatic ring is 1. The quantitative estimate of drug-likeness (QED) is 0.505. The molecule has 1 heterocycles. The molecule has 3 aromatic rings. The van der Waals surface area contributed by atoms with Gasteiger partial charge in [0.25, 0.3) is 5.91 Å². The van der Waals surface area contributed by atoms with Crippen LogP contribution < -0.4 is 16.8 Å². The van der Waals surface area contributed by atoms with E-state index in [0.29, 0.717) is 22.0 Å². The van der Waals surface area contributed by atoms with E-state index < -0.39 is 6.10 Å². The van der Waals surface area contributed by atoms with Gasteiger partial charge in [-0.25, -0.2) is 4.98 Å². The molecule has 0 saturated heterocycles. The maximum atomic E-state index is 12.0. The lowest BCUT2D eigenvalue weighted by molar-refractivity contribution is 0.0920. The molecule has 3 rings (SSSR count). The van der Waals surface area contributed by atoms with E-state index in [1.807, 2.05) is 12.1 Å². The first kappa shape index (κ1) is 19.6. The van der Waals surface area contributed by atoms with Crippen molar-refractivity contribution in [2.45, 2.75) is 6.10 Å². The second-order valence-corrected chi connectivity index (χ2v) is 6.61. The number of aliphatic hydroxyl groups excluding tert-OH is 1. The third-order valence-corrected chi connectivity index (χ3v) is 4.37. The number of nitrogens with one attached hydrogen (secondary N) is 1. The summed E-state index contributed by atoms with van der Waals surface area (Å²) in [5, 5.41) is 14.4. The number of nitrogens with two attached hydrogens (primary N) is 2. The fraction of sp³-hybridized carbons (Fsp3) is 0.143. The van der Waals surface area contributed by atoms with Crippen LogP contribution in [0.5, 0.6) is 0 Å². The summed E-state index contributed by atoms with van der Waals surface area (Å²) in [5.74, 6) is 6.13. The van der Waals surface area contributed by atoms with Crippen molar-refractivity contribution in [1.29, 1.82) is 0 Å². The zero-order chi connectivity index (χ0) is 20.1. The van der Waals surface area contributed by atoms with Crippen molar-refractivity contribution >= 4 is 34.1 Å². The standard InChI is InChI=1S/C21H19ClN4O2/c22-16-7-6-15-11-25-20(24)18(19(15)9-16)8-3-13-1-4-14(5-2-13)21(28)26-12-17(27)10-23/h1-2,4-7,9,11,17,27H,10,12,23H2,(H2,24,25)(H,26,28). The molecule has 142 valence electrons. The molecule has 28 heavy (non-hydrogen) atoms. The predicted molar refractivity (Wildman–Crippen MR) is 111 cm³/mol. The van der Waals surface area contributed by atoms with Crippen LogP contribution in [0.2, 0.25) is 5.02 Å². The number of hydrogen-bond donors (Lipinski definition) is 4. The molecule has 0 fully saturated rings. The Labute approximate surface area is 167 Å². The lowest BCUT2D eigenvalue weighted by Gasteiger charge is -2.09. The Bertz CT molecular complexity index is 1070. The van der Waals surface area contributed by atoms with E-state index in [2.05, 4.69) is 22.1 Å². The molecular formula is C21H19ClN4O2. The zero-order valence-electron chi connectivity index (χ0n) is 14.9. The molecule has 6 N–H and O–H groups in total. The second kappa shape index (κ2) is 8.72. The first-order valence-electron chi connectivity index (χ1n) is 8.60. The highest BCUT2D eigenvalue weighted by Gasteiger charge is 2.08. The average molecular weight is 395 g/mol. The van der Waals surface area contributed by atoms with Crippen LogP contribution in [0.25, 0.3) is 10.8 Å². The third-order valence-electron chi connectivity index (χ3n) is 4.13. The number of fused-ring (bicyclic) bond motifs is 1. The number of nitrogens with zero attached hydrogens (tertiary/aromatic N) is 1. The van der Waals surface area contributed by atoms with Crippen LogP contribution in [0.4, 0.5) is 5.82 Å². The smallest absolute Gasteiger partial charge is 0.251 e. The first-order valence-corrected chi connectivity index (χ1v) is 8.98. The summed E-state index contributed by atoms with van der Waals surface area (Å²) in [4.78, 5) is 16.2. The Morgan fingerprint density at radius 2 is 1.96 bits per heavy atom. The summed E-state index contributed by atoms with van der Waals surface area (Å²) in [5.41, 5.74) is 13.1. The second-order valence-electron chi connectivity index (χ2n) is 6.18. The summed E-state index contributed by atoms with van der Waals surface area (Å²) >= 11 is 6.09. The summed E-state index contributed by atoms with van der Waals surface area (Å²) < 4.78 is 0. The Hall–Kier alpha value is -3.11. The summed E-state index contributed by atoms with van der Waals surface area (Å²) in [6.07, 6.45) is 0.920. The highest BCUT2D eigenvalue weighted by Crippen LogP contribution is 2.24. The van der Waals surface area contributed by atoms with Gasteiger partial charge in [0, 0.05) is 46.2 Å². The molecule has 1 atom stereocenters. The molecule has 0 bridgehead atoms. The normalized spacial score (nSPS) is 11.5. The minimum Gasteiger partial charge on any atom is -0.390 e. The van der Waals surface area contributed by atoms with E-state index in [0.717, 1.165) is 16.3 Å². The van der Waals surface area contributed by atoms with Gasteiger partial charge in [-0.15, -0.1) is 0 Å². The van der Waals surface area contributed by atoms with Crippen molar-refractivity contribution in [3.05, 3.63) is 70.4 Å². The van der Waals surface area contributed by atoms with Crippen LogP contribution in [0, 0.1) is 11.8 Å². The summed E-state index contributed by atoms with van der Waals surface area (Å²) in [7, 11) is 0. The lowest BCUT2D eigenvalue weighted by Crippen LogP contribution is -2.36. The van der Waals surface area contributed by atoms with E-state index in [1.54, 1.807) is 36.5 Å². The number of anilines is 1. The fourth-order valence-corrected chi connectivity index (χ4v) is 2.74. The summed E-state index contributed by atoms with van der Waals surface area (Å²) in [6.45, 7) is 0.193. The Kier molecular flexibility index (Phi) is 6.12. The molecule has 1 unspecified atom stereocenters. The van der Waals surface area contributed by atoms with Crippen molar-refractivity contribution in [2.24, 2.45) is 5.73 Å². The van der Waals surface area contributed by atoms with E-state index in [1.165, 1.54) is 0 Å². The van der Waals surface area contributed by atoms with Crippen molar-refractivity contribution in [2.75, 3.05) is 18.8 Å². The van der Waals surface area contributed by atoms with Gasteiger partial charge < -0.3 is 21.9 Å². The molecule has 6 nitrogen and oxygen atoms in total. The highest BCUT2D eigenvalue weighted by molar-refractivity contribution is 6.31. The number of hydrogen-bond acceptors (Lipinski definition) is 5. The number of aromatic nitrogens is 1. The number of benzene rings is 2. The van der Waals surface area contributed by atoms with Crippen LogP contribution in [0.3, 0.4) is 0 Å². The van der Waals surface area contributed by atoms with Crippen molar-refractivity contribution in [1.82, 2.24) is 10.3 Å². The molecule has 0 spiro atoms. The number of halogens is 1. The number of rotatable bonds is 4. The van der Waals surface area contributed by atoms with Gasteiger partial charge in [-0.2, -0.15) is 0 Å². The van der Waals surface area contributed by atoms with Gasteiger partial charge in [0.1, 0.15) is 5.82 Å². The maximum absolute atomic E-state index is 12.0. The summed E-state index contributed by atoms with van der Waals surface area (Å²) in [6, 6.07) is 12.3. The van der Waals surface area contributed by atoms with E-state index in [9.17, 15) is 9.90 Å². The fourth-order valence-electron chi connectivity index (χ4n) is 2.57. The average Bonchev–Trinajstić information content (AvgIpc) is 2.71. The third kappa shape index (κ3) is 4.59. The van der Waals surface area contributed by atoms with Crippen molar-refractivity contribution < 1.29 is 9.90 Å². The van der Waals surface area contributed by atoms with Crippen molar-refractivity contribution in [3.63, 3.8) is 0 Å². The van der Waals surface area contributed by atoms with E-state index in [-0.39, 0.29) is 19.0 Å². The molecule has 0 saturated carbocycles. The van der Waals surface area contributed by atoms with Gasteiger partial charge in [0.05, 0.1) is 11.7 Å². The maximum Gasteiger partial charge on any atom is 0.251 e. The first-order chi connectivity index (χ1) is 13.5. The lowest BCUT2D eigenvalue weighted by atomic mass is 10.1. The van der Waals surface area contributed by atoms with E-state index in [4.69, 9.17) is 23.1 Å². The molecular weight excluding hydrogens is 376 g/mol. The Morgan fingerprint density at radius 3 is 2.68 bits per heavy atom. The SMILES string of the molecule is NCC(O)CNC(=O)c1ccc(C#Cc2c(N)ncc3ccc(Cl)cc23)cc1. The number of amides is 1. The number of pyridine rings is 1. The van der Waals surface area contributed by atoms with Gasteiger partial charge in [-0.1, -0.05) is 29.5 Å². The van der Waals surface area contributed by atoms with Gasteiger partial charge >= 0.3 is 0 Å². The van der Waals surface area contributed by atoms with Crippen LogP contribution in [-0.2, 0) is 0 Å². The minimum absolute atomic E-state index is 0.0895. The molecule has 2 aromatic carbocycles. The zero-order valence-corrected chi connectivity index (χ0v) is 15.7. The van der Waals surface area contributed by atoms with Gasteiger partial charge in [-0.05, 0) is 36.4 Å². The molecule has 1 amide bonds. The topological polar surface area (TPSA) is 114 Å². The Morgan fingerprint density at radius 1 is 1.21 bits per heavy atom.